The van der Waals surface area contributed by atoms with Crippen LogP contribution in [0.25, 0.3) is 0 Å². The lowest BCUT2D eigenvalue weighted by Crippen LogP contribution is -2.71. The number of carbonyl (C=O) groups is 2. The van der Waals surface area contributed by atoms with Crippen molar-refractivity contribution in [1.82, 2.24) is 0 Å². The Hall–Kier alpha value is -2.00. The smallest absolute Gasteiger partial charge is 0.345 e. The van der Waals surface area contributed by atoms with Crippen molar-refractivity contribution in [2.45, 2.75) is 69.6 Å². The highest BCUT2D eigenvalue weighted by molar-refractivity contribution is 5.86. The van der Waals surface area contributed by atoms with Crippen molar-refractivity contribution in [2.24, 2.45) is 5.92 Å². The third kappa shape index (κ3) is 3.98. The second-order valence-corrected chi connectivity index (χ2v) is 7.11. The zero-order valence-electron chi connectivity index (χ0n) is 15.7. The summed E-state index contributed by atoms with van der Waals surface area (Å²) in [5, 5.41) is 33.8. The Morgan fingerprint density at radius 2 is 1.67 bits per heavy atom. The third-order valence-corrected chi connectivity index (χ3v) is 5.34. The Morgan fingerprint density at radius 1 is 1.15 bits per heavy atom. The van der Waals surface area contributed by atoms with Gasteiger partial charge in [0.25, 0.3) is 6.04 Å². The lowest BCUT2D eigenvalue weighted by molar-refractivity contribution is -0.566. The largest absolute Gasteiger partial charge is 0.464 e. The first-order chi connectivity index (χ1) is 12.7. The van der Waals surface area contributed by atoms with Crippen LogP contribution >= 0.6 is 0 Å². The Morgan fingerprint density at radius 3 is 2.04 bits per heavy atom. The summed E-state index contributed by atoms with van der Waals surface area (Å²) in [5.74, 6) is -2.99. The van der Waals surface area contributed by atoms with Gasteiger partial charge in [-0.3, -0.25) is 10.1 Å². The lowest BCUT2D eigenvalue weighted by Gasteiger charge is -2.45. The van der Waals surface area contributed by atoms with E-state index in [1.165, 1.54) is 13.8 Å². The minimum atomic E-state index is -2.64. The van der Waals surface area contributed by atoms with Gasteiger partial charge in [0.1, 0.15) is 0 Å². The number of nitro groups is 1. The molecule has 27 heavy (non-hydrogen) atoms. The Bertz CT molecular complexity index is 599. The van der Waals surface area contributed by atoms with Gasteiger partial charge in [0.2, 0.25) is 11.2 Å². The molecule has 0 amide bonds. The number of hydrogen-bond donors (Lipinski definition) is 2. The number of allylic oxidation sites excluding steroid dienone is 2. The summed E-state index contributed by atoms with van der Waals surface area (Å²) >= 11 is 0. The molecule has 2 rings (SSSR count). The second-order valence-electron chi connectivity index (χ2n) is 7.11. The van der Waals surface area contributed by atoms with Crippen LogP contribution in [0.4, 0.5) is 0 Å². The van der Waals surface area contributed by atoms with Crippen molar-refractivity contribution in [1.29, 1.82) is 0 Å². The van der Waals surface area contributed by atoms with E-state index in [0.29, 0.717) is 6.42 Å². The summed E-state index contributed by atoms with van der Waals surface area (Å²) in [6, 6.07) is -2.27. The van der Waals surface area contributed by atoms with Crippen LogP contribution in [0.2, 0.25) is 0 Å². The monoisotopic (exact) mass is 385 g/mol. The van der Waals surface area contributed by atoms with E-state index in [-0.39, 0.29) is 26.1 Å². The number of aliphatic hydroxyl groups is 2. The zero-order valence-corrected chi connectivity index (χ0v) is 15.7. The van der Waals surface area contributed by atoms with Crippen LogP contribution in [0.15, 0.2) is 11.6 Å². The molecule has 0 heterocycles. The van der Waals surface area contributed by atoms with E-state index in [0.717, 1.165) is 24.8 Å². The molecular formula is C18H27NO8. The molecule has 0 aliphatic heterocycles. The molecule has 1 saturated carbocycles. The Kier molecular flexibility index (Phi) is 6.59. The van der Waals surface area contributed by atoms with Gasteiger partial charge < -0.3 is 19.7 Å². The van der Waals surface area contributed by atoms with Gasteiger partial charge in [0, 0.05) is 17.8 Å². The third-order valence-electron chi connectivity index (χ3n) is 5.34. The highest BCUT2D eigenvalue weighted by Gasteiger charge is 2.71. The quantitative estimate of drug-likeness (QED) is 0.300. The second kappa shape index (κ2) is 8.35. The fourth-order valence-corrected chi connectivity index (χ4v) is 4.19. The van der Waals surface area contributed by atoms with Gasteiger partial charge in [0.15, 0.2) is 0 Å². The first-order valence-electron chi connectivity index (χ1n) is 9.32. The standard InChI is InChI=1S/C18H27NO8/c1-3-26-15(20)17(22)10-13(12-8-6-5-7-9-12)11-18(23,14(17)19(24)25)16(21)27-4-2/h8,13-14,22-23H,3-7,9-11H2,1-2H3/t13?,14?,17-,18+. The van der Waals surface area contributed by atoms with E-state index in [9.17, 15) is 29.9 Å². The van der Waals surface area contributed by atoms with Crippen molar-refractivity contribution >= 4 is 11.9 Å². The lowest BCUT2D eigenvalue weighted by atomic mass is 9.63. The van der Waals surface area contributed by atoms with Gasteiger partial charge in [0.05, 0.1) is 13.2 Å². The molecule has 9 heteroatoms. The highest BCUT2D eigenvalue weighted by Crippen LogP contribution is 2.46. The summed E-state index contributed by atoms with van der Waals surface area (Å²) < 4.78 is 9.71. The van der Waals surface area contributed by atoms with Crippen molar-refractivity contribution in [3.63, 3.8) is 0 Å². The predicted molar refractivity (Wildman–Crippen MR) is 93.2 cm³/mol. The minimum absolute atomic E-state index is 0.100. The first kappa shape index (κ1) is 21.3. The molecule has 152 valence electrons. The van der Waals surface area contributed by atoms with E-state index in [1.54, 1.807) is 0 Å². The molecule has 4 atom stereocenters. The molecule has 9 nitrogen and oxygen atoms in total. The Balaban J connectivity index is 2.54. The van der Waals surface area contributed by atoms with Crippen molar-refractivity contribution in [3.05, 3.63) is 21.8 Å². The Labute approximate surface area is 157 Å². The average Bonchev–Trinajstić information content (AvgIpc) is 2.62. The van der Waals surface area contributed by atoms with Crippen LogP contribution in [-0.2, 0) is 19.1 Å². The van der Waals surface area contributed by atoms with Crippen LogP contribution in [0.1, 0.15) is 52.4 Å². The van der Waals surface area contributed by atoms with E-state index >= 15 is 0 Å². The maximum atomic E-state index is 12.5. The number of hydrogen-bond acceptors (Lipinski definition) is 8. The maximum absolute atomic E-state index is 12.5. The summed E-state index contributed by atoms with van der Waals surface area (Å²) in [5.41, 5.74) is -4.39. The predicted octanol–water partition coefficient (Wildman–Crippen LogP) is 1.13. The van der Waals surface area contributed by atoms with Crippen LogP contribution in [0, 0.1) is 16.0 Å². The fraction of sp³-hybridized carbons (Fsp3) is 0.778. The van der Waals surface area contributed by atoms with E-state index in [4.69, 9.17) is 9.47 Å². The van der Waals surface area contributed by atoms with E-state index in [1.807, 2.05) is 6.08 Å². The topological polar surface area (TPSA) is 136 Å². The molecule has 2 aliphatic rings. The van der Waals surface area contributed by atoms with E-state index < -0.39 is 40.0 Å². The number of esters is 2. The van der Waals surface area contributed by atoms with E-state index in [2.05, 4.69) is 0 Å². The first-order valence-corrected chi connectivity index (χ1v) is 9.32. The van der Waals surface area contributed by atoms with Gasteiger partial charge in [-0.1, -0.05) is 11.6 Å². The van der Waals surface area contributed by atoms with Crippen LogP contribution < -0.4 is 0 Å². The van der Waals surface area contributed by atoms with Gasteiger partial charge >= 0.3 is 11.9 Å². The molecule has 0 aromatic rings. The average molecular weight is 385 g/mol. The molecule has 0 aromatic heterocycles. The fourth-order valence-electron chi connectivity index (χ4n) is 4.19. The summed E-state index contributed by atoms with van der Waals surface area (Å²) in [7, 11) is 0. The van der Waals surface area contributed by atoms with Crippen LogP contribution in [0.3, 0.4) is 0 Å². The van der Waals surface area contributed by atoms with Crippen molar-refractivity contribution in [3.8, 4) is 0 Å². The van der Waals surface area contributed by atoms with Crippen LogP contribution in [-0.4, -0.2) is 57.5 Å². The number of carbonyl (C=O) groups excluding carboxylic acids is 2. The number of ether oxygens (including phenoxy) is 2. The van der Waals surface area contributed by atoms with Crippen molar-refractivity contribution in [2.75, 3.05) is 13.2 Å². The molecule has 2 unspecified atom stereocenters. The molecule has 0 radical (unpaired) electrons. The highest BCUT2D eigenvalue weighted by atomic mass is 16.6. The summed E-state index contributed by atoms with van der Waals surface area (Å²) in [4.78, 5) is 35.7. The molecule has 2 N–H and O–H groups in total. The van der Waals surface area contributed by atoms with Gasteiger partial charge in [-0.05, 0) is 45.4 Å². The van der Waals surface area contributed by atoms with Gasteiger partial charge in [-0.15, -0.1) is 0 Å². The summed E-state index contributed by atoms with van der Waals surface area (Å²) in [6.45, 7) is 2.81. The summed E-state index contributed by atoms with van der Waals surface area (Å²) in [6.07, 6.45) is 4.77. The zero-order chi connectivity index (χ0) is 20.2. The molecule has 0 spiro atoms. The molecule has 1 fully saturated rings. The number of rotatable bonds is 6. The number of nitrogens with zero attached hydrogens (tertiary/aromatic N) is 1. The van der Waals surface area contributed by atoms with Crippen molar-refractivity contribution < 1.29 is 34.2 Å². The molecule has 0 saturated heterocycles. The van der Waals surface area contributed by atoms with Crippen LogP contribution in [0.5, 0.6) is 0 Å². The molecule has 2 aliphatic carbocycles. The maximum Gasteiger partial charge on any atom is 0.345 e. The SMILES string of the molecule is CCOC(=O)[C@]1(O)CC(C2=CCCCC2)C[C@](O)(C(=O)OCC)C1[N+](=O)[O-]. The molecule has 0 aromatic carbocycles. The molecular weight excluding hydrogens is 358 g/mol. The minimum Gasteiger partial charge on any atom is -0.464 e. The van der Waals surface area contributed by atoms with Gasteiger partial charge in [-0.2, -0.15) is 0 Å². The molecule has 0 bridgehead atoms. The normalized spacial score (nSPS) is 33.7. The van der Waals surface area contributed by atoms with Gasteiger partial charge in [-0.25, -0.2) is 9.59 Å².